The normalized spacial score (nSPS) is 14.8. The molecule has 2 N–H and O–H groups in total. The highest BCUT2D eigenvalue weighted by molar-refractivity contribution is 6.30. The van der Waals surface area contributed by atoms with Crippen molar-refractivity contribution in [2.45, 2.75) is 39.0 Å². The van der Waals surface area contributed by atoms with Crippen LogP contribution < -0.4 is 5.32 Å². The van der Waals surface area contributed by atoms with Gasteiger partial charge in [-0.15, -0.1) is 0 Å². The Morgan fingerprint density at radius 2 is 2.12 bits per heavy atom. The lowest BCUT2D eigenvalue weighted by molar-refractivity contribution is 0.170. The highest BCUT2D eigenvalue weighted by Crippen LogP contribution is 2.14. The third-order valence-electron chi connectivity index (χ3n) is 2.35. The van der Waals surface area contributed by atoms with Crippen LogP contribution in [-0.4, -0.2) is 17.3 Å². The van der Waals surface area contributed by atoms with Gasteiger partial charge in [0.05, 0.1) is 6.10 Å². The third kappa shape index (κ3) is 4.47. The van der Waals surface area contributed by atoms with Crippen molar-refractivity contribution in [3.05, 3.63) is 34.6 Å². The molecule has 1 aromatic carbocycles. The molecule has 16 heavy (non-hydrogen) atoms. The number of hydrogen-bond donors (Lipinski definition) is 2. The van der Waals surface area contributed by atoms with E-state index in [4.69, 9.17) is 11.6 Å². The van der Waals surface area contributed by atoms with Crippen molar-refractivity contribution in [1.29, 1.82) is 0 Å². The van der Waals surface area contributed by atoms with Gasteiger partial charge in [0.1, 0.15) is 5.82 Å². The first-order valence-electron chi connectivity index (χ1n) is 5.34. The zero-order valence-electron chi connectivity index (χ0n) is 9.50. The average Bonchev–Trinajstić information content (AvgIpc) is 2.15. The van der Waals surface area contributed by atoms with E-state index in [9.17, 15) is 9.50 Å². The molecule has 0 aliphatic rings. The first kappa shape index (κ1) is 13.4. The first-order chi connectivity index (χ1) is 7.49. The molecule has 2 atom stereocenters. The smallest absolute Gasteiger partial charge is 0.129 e. The van der Waals surface area contributed by atoms with Crippen LogP contribution in [0.3, 0.4) is 0 Å². The number of hydrogen-bond acceptors (Lipinski definition) is 2. The molecule has 0 bridgehead atoms. The summed E-state index contributed by atoms with van der Waals surface area (Å²) < 4.78 is 13.4. The Kier molecular flexibility index (Phi) is 5.19. The van der Waals surface area contributed by atoms with Gasteiger partial charge in [0.15, 0.2) is 0 Å². The van der Waals surface area contributed by atoms with Crippen molar-refractivity contribution in [2.75, 3.05) is 0 Å². The lowest BCUT2D eigenvalue weighted by Gasteiger charge is -2.15. The Morgan fingerprint density at radius 1 is 1.44 bits per heavy atom. The molecule has 90 valence electrons. The predicted molar refractivity (Wildman–Crippen MR) is 64.0 cm³/mol. The highest BCUT2D eigenvalue weighted by Gasteiger charge is 2.07. The molecule has 2 unspecified atom stereocenters. The van der Waals surface area contributed by atoms with Crippen LogP contribution in [0.2, 0.25) is 5.02 Å². The fraction of sp³-hybridized carbons (Fsp3) is 0.500. The third-order valence-corrected chi connectivity index (χ3v) is 2.59. The summed E-state index contributed by atoms with van der Waals surface area (Å²) in [5, 5.41) is 12.7. The number of nitrogens with one attached hydrogen (secondary N) is 1. The van der Waals surface area contributed by atoms with Crippen LogP contribution in [0.5, 0.6) is 0 Å². The van der Waals surface area contributed by atoms with Crippen molar-refractivity contribution in [1.82, 2.24) is 5.32 Å². The average molecular weight is 246 g/mol. The van der Waals surface area contributed by atoms with Gasteiger partial charge in [0.2, 0.25) is 0 Å². The maximum absolute atomic E-state index is 13.4. The van der Waals surface area contributed by atoms with E-state index in [1.165, 1.54) is 6.07 Å². The Labute approximate surface area is 100 Å². The summed E-state index contributed by atoms with van der Waals surface area (Å²) in [7, 11) is 0. The van der Waals surface area contributed by atoms with Crippen LogP contribution in [0.1, 0.15) is 25.8 Å². The molecule has 1 rings (SSSR count). The van der Waals surface area contributed by atoms with Crippen molar-refractivity contribution in [2.24, 2.45) is 0 Å². The Bertz CT molecular complexity index is 344. The van der Waals surface area contributed by atoms with Gasteiger partial charge in [-0.3, -0.25) is 0 Å². The lowest BCUT2D eigenvalue weighted by Crippen LogP contribution is -2.29. The van der Waals surface area contributed by atoms with E-state index in [-0.39, 0.29) is 18.0 Å². The number of aliphatic hydroxyl groups is 1. The predicted octanol–water partition coefficient (Wildman–Crippen LogP) is 2.73. The van der Waals surface area contributed by atoms with E-state index >= 15 is 0 Å². The molecule has 0 aliphatic heterocycles. The number of aliphatic hydroxyl groups excluding tert-OH is 1. The monoisotopic (exact) mass is 245 g/mol. The van der Waals surface area contributed by atoms with Gasteiger partial charge in [0.25, 0.3) is 0 Å². The molecule has 0 radical (unpaired) electrons. The minimum Gasteiger partial charge on any atom is -0.393 e. The molecule has 4 heteroatoms. The van der Waals surface area contributed by atoms with Crippen molar-refractivity contribution in [3.63, 3.8) is 0 Å². The van der Waals surface area contributed by atoms with E-state index in [1.807, 2.05) is 6.92 Å². The van der Waals surface area contributed by atoms with Crippen molar-refractivity contribution < 1.29 is 9.50 Å². The van der Waals surface area contributed by atoms with Crippen LogP contribution >= 0.6 is 11.6 Å². The maximum Gasteiger partial charge on any atom is 0.129 e. The standard InChI is InChI=1S/C12H17ClFNO/c1-8(5-9(2)16)15-7-10-3-4-11(13)6-12(10)14/h3-4,6,8-9,15-16H,5,7H2,1-2H3. The lowest BCUT2D eigenvalue weighted by atomic mass is 10.1. The van der Waals surface area contributed by atoms with Crippen molar-refractivity contribution >= 4 is 11.6 Å². The van der Waals surface area contributed by atoms with Crippen LogP contribution in [0.25, 0.3) is 0 Å². The molecule has 0 fully saturated rings. The molecule has 0 saturated heterocycles. The molecular weight excluding hydrogens is 229 g/mol. The van der Waals surface area contributed by atoms with Crippen LogP contribution in [0.15, 0.2) is 18.2 Å². The molecule has 0 saturated carbocycles. The SMILES string of the molecule is CC(O)CC(C)NCc1ccc(Cl)cc1F. The molecule has 1 aromatic rings. The Balaban J connectivity index is 2.48. The van der Waals surface area contributed by atoms with E-state index in [0.717, 1.165) is 0 Å². The molecule has 0 aliphatic carbocycles. The molecule has 2 nitrogen and oxygen atoms in total. The zero-order chi connectivity index (χ0) is 12.1. The quantitative estimate of drug-likeness (QED) is 0.836. The van der Waals surface area contributed by atoms with Crippen LogP contribution in [-0.2, 0) is 6.54 Å². The summed E-state index contributed by atoms with van der Waals surface area (Å²) in [6, 6.07) is 4.79. The topological polar surface area (TPSA) is 32.3 Å². The first-order valence-corrected chi connectivity index (χ1v) is 5.72. The number of benzene rings is 1. The van der Waals surface area contributed by atoms with E-state index < -0.39 is 0 Å². The van der Waals surface area contributed by atoms with Gasteiger partial charge in [0, 0.05) is 23.2 Å². The second-order valence-electron chi connectivity index (χ2n) is 4.10. The highest BCUT2D eigenvalue weighted by atomic mass is 35.5. The van der Waals surface area contributed by atoms with Gasteiger partial charge < -0.3 is 10.4 Å². The molecule has 0 aromatic heterocycles. The van der Waals surface area contributed by atoms with E-state index in [2.05, 4.69) is 5.32 Å². The Hall–Kier alpha value is -0.640. The number of rotatable bonds is 5. The van der Waals surface area contributed by atoms with Gasteiger partial charge in [-0.25, -0.2) is 4.39 Å². The molecule has 0 amide bonds. The molecule has 0 heterocycles. The Morgan fingerprint density at radius 3 is 2.69 bits per heavy atom. The zero-order valence-corrected chi connectivity index (χ0v) is 10.3. The molecule has 0 spiro atoms. The van der Waals surface area contributed by atoms with E-state index in [0.29, 0.717) is 23.6 Å². The summed E-state index contributed by atoms with van der Waals surface area (Å²) in [6.07, 6.45) is 0.299. The summed E-state index contributed by atoms with van der Waals surface area (Å²) in [5.41, 5.74) is 0.585. The number of halogens is 2. The second-order valence-corrected chi connectivity index (χ2v) is 4.54. The van der Waals surface area contributed by atoms with Gasteiger partial charge >= 0.3 is 0 Å². The minimum absolute atomic E-state index is 0.148. The summed E-state index contributed by atoms with van der Waals surface area (Å²) >= 11 is 5.66. The molecular formula is C12H17ClFNO. The van der Waals surface area contributed by atoms with Gasteiger partial charge in [-0.05, 0) is 32.4 Å². The maximum atomic E-state index is 13.4. The summed E-state index contributed by atoms with van der Waals surface area (Å²) in [4.78, 5) is 0. The van der Waals surface area contributed by atoms with Crippen LogP contribution in [0, 0.1) is 5.82 Å². The largest absolute Gasteiger partial charge is 0.393 e. The minimum atomic E-state index is -0.349. The van der Waals surface area contributed by atoms with Gasteiger partial charge in [-0.2, -0.15) is 0 Å². The van der Waals surface area contributed by atoms with E-state index in [1.54, 1.807) is 19.1 Å². The fourth-order valence-corrected chi connectivity index (χ4v) is 1.70. The summed E-state index contributed by atoms with van der Waals surface area (Å²) in [6.45, 7) is 4.14. The fourth-order valence-electron chi connectivity index (χ4n) is 1.54. The van der Waals surface area contributed by atoms with Crippen LogP contribution in [0.4, 0.5) is 4.39 Å². The van der Waals surface area contributed by atoms with Gasteiger partial charge in [-0.1, -0.05) is 17.7 Å². The summed E-state index contributed by atoms with van der Waals surface area (Å²) in [5.74, 6) is -0.302. The second kappa shape index (κ2) is 6.18. The van der Waals surface area contributed by atoms with Crippen molar-refractivity contribution in [3.8, 4) is 0 Å².